The maximum Gasteiger partial charge on any atom is 0.191 e. The highest BCUT2D eigenvalue weighted by Gasteiger charge is 2.04. The smallest absolute Gasteiger partial charge is 0.191 e. The summed E-state index contributed by atoms with van der Waals surface area (Å²) in [6.07, 6.45) is 7.60. The van der Waals surface area contributed by atoms with Crippen LogP contribution < -0.4 is 10.6 Å². The predicted octanol–water partition coefficient (Wildman–Crippen LogP) is 2.90. The van der Waals surface area contributed by atoms with Gasteiger partial charge in [0.2, 0.25) is 0 Å². The molecule has 1 atom stereocenters. The molecule has 1 unspecified atom stereocenters. The maximum absolute atomic E-state index is 4.68. The van der Waals surface area contributed by atoms with Crippen molar-refractivity contribution in [3.05, 3.63) is 18.5 Å². The fourth-order valence-electron chi connectivity index (χ4n) is 2.26. The molecule has 1 heterocycles. The van der Waals surface area contributed by atoms with Gasteiger partial charge in [-0.2, -0.15) is 5.10 Å². The zero-order chi connectivity index (χ0) is 16.2. The summed E-state index contributed by atoms with van der Waals surface area (Å²) in [6, 6.07) is 1.96. The molecular formula is C17H33N5. The second-order valence-electron chi connectivity index (χ2n) is 6.37. The van der Waals surface area contributed by atoms with E-state index in [-0.39, 0.29) is 0 Å². The van der Waals surface area contributed by atoms with Crippen molar-refractivity contribution in [2.24, 2.45) is 16.8 Å². The van der Waals surface area contributed by atoms with Crippen LogP contribution in [-0.4, -0.2) is 35.4 Å². The summed E-state index contributed by atoms with van der Waals surface area (Å²) in [5.41, 5.74) is 0. The first-order valence-corrected chi connectivity index (χ1v) is 8.61. The number of aliphatic imine (C=N–C) groups is 1. The Labute approximate surface area is 135 Å². The molecule has 0 aliphatic carbocycles. The zero-order valence-corrected chi connectivity index (χ0v) is 14.7. The van der Waals surface area contributed by atoms with Crippen molar-refractivity contribution >= 4 is 5.96 Å². The summed E-state index contributed by atoms with van der Waals surface area (Å²) in [7, 11) is 0. The Morgan fingerprint density at radius 3 is 2.68 bits per heavy atom. The van der Waals surface area contributed by atoms with Crippen LogP contribution in [0.15, 0.2) is 23.5 Å². The lowest BCUT2D eigenvalue weighted by Gasteiger charge is -2.14. The molecular weight excluding hydrogens is 274 g/mol. The largest absolute Gasteiger partial charge is 0.357 e. The summed E-state index contributed by atoms with van der Waals surface area (Å²) in [5.74, 6) is 2.20. The van der Waals surface area contributed by atoms with Gasteiger partial charge in [0.25, 0.3) is 0 Å². The van der Waals surface area contributed by atoms with Crippen LogP contribution in [0.3, 0.4) is 0 Å². The molecule has 0 bridgehead atoms. The summed E-state index contributed by atoms with van der Waals surface area (Å²) < 4.78 is 1.96. The van der Waals surface area contributed by atoms with Crippen molar-refractivity contribution in [2.45, 2.75) is 53.5 Å². The summed E-state index contributed by atoms with van der Waals surface area (Å²) in [4.78, 5) is 4.68. The third-order valence-electron chi connectivity index (χ3n) is 3.46. The molecule has 1 aromatic rings. The number of nitrogens with one attached hydrogen (secondary N) is 2. The van der Waals surface area contributed by atoms with E-state index in [1.807, 2.05) is 23.1 Å². The second kappa shape index (κ2) is 11.1. The van der Waals surface area contributed by atoms with E-state index in [4.69, 9.17) is 0 Å². The van der Waals surface area contributed by atoms with Crippen LogP contribution in [0, 0.1) is 11.8 Å². The number of nitrogens with zero attached hydrogens (tertiary/aromatic N) is 3. The van der Waals surface area contributed by atoms with Gasteiger partial charge in [0, 0.05) is 38.6 Å². The average Bonchev–Trinajstić information content (AvgIpc) is 2.96. The van der Waals surface area contributed by atoms with Gasteiger partial charge in [-0.25, -0.2) is 0 Å². The number of aromatic nitrogens is 2. The first-order valence-electron chi connectivity index (χ1n) is 8.61. The quantitative estimate of drug-likeness (QED) is 0.397. The topological polar surface area (TPSA) is 54.2 Å². The highest BCUT2D eigenvalue weighted by molar-refractivity contribution is 5.79. The van der Waals surface area contributed by atoms with Crippen LogP contribution in [0.4, 0.5) is 0 Å². The van der Waals surface area contributed by atoms with Crippen molar-refractivity contribution in [1.82, 2.24) is 20.4 Å². The molecule has 0 saturated carbocycles. The Balaban J connectivity index is 2.28. The molecule has 0 amide bonds. The second-order valence-corrected chi connectivity index (χ2v) is 6.37. The Kier molecular flexibility index (Phi) is 9.35. The van der Waals surface area contributed by atoms with E-state index < -0.39 is 0 Å². The third-order valence-corrected chi connectivity index (χ3v) is 3.46. The van der Waals surface area contributed by atoms with E-state index in [1.54, 1.807) is 0 Å². The third kappa shape index (κ3) is 8.70. The van der Waals surface area contributed by atoms with Gasteiger partial charge in [0.15, 0.2) is 5.96 Å². The molecule has 0 radical (unpaired) electrons. The van der Waals surface area contributed by atoms with Gasteiger partial charge in [-0.05, 0) is 31.2 Å². The van der Waals surface area contributed by atoms with Crippen LogP contribution >= 0.6 is 0 Å². The molecule has 0 saturated heterocycles. The lowest BCUT2D eigenvalue weighted by Crippen LogP contribution is -2.38. The van der Waals surface area contributed by atoms with Gasteiger partial charge in [-0.15, -0.1) is 0 Å². The van der Waals surface area contributed by atoms with Crippen LogP contribution in [0.5, 0.6) is 0 Å². The Bertz CT molecular complexity index is 397. The highest BCUT2D eigenvalue weighted by Crippen LogP contribution is 2.05. The van der Waals surface area contributed by atoms with Crippen LogP contribution in [0.2, 0.25) is 0 Å². The Hall–Kier alpha value is -1.52. The van der Waals surface area contributed by atoms with E-state index in [2.05, 4.69) is 48.4 Å². The number of hydrogen-bond acceptors (Lipinski definition) is 2. The summed E-state index contributed by atoms with van der Waals surface area (Å²) in [6.45, 7) is 12.5. The first kappa shape index (κ1) is 18.5. The predicted molar refractivity (Wildman–Crippen MR) is 94.1 cm³/mol. The van der Waals surface area contributed by atoms with Gasteiger partial charge in [0.05, 0.1) is 0 Å². The number of hydrogen-bond donors (Lipinski definition) is 2. The van der Waals surface area contributed by atoms with Crippen LogP contribution in [0.25, 0.3) is 0 Å². The minimum Gasteiger partial charge on any atom is -0.357 e. The van der Waals surface area contributed by atoms with Crippen molar-refractivity contribution in [3.8, 4) is 0 Å². The number of guanidine groups is 1. The van der Waals surface area contributed by atoms with Gasteiger partial charge in [-0.3, -0.25) is 9.67 Å². The zero-order valence-electron chi connectivity index (χ0n) is 14.7. The molecule has 0 aliphatic rings. The molecule has 0 aliphatic heterocycles. The monoisotopic (exact) mass is 307 g/mol. The van der Waals surface area contributed by atoms with Gasteiger partial charge >= 0.3 is 0 Å². The lowest BCUT2D eigenvalue weighted by atomic mass is 10.1. The molecule has 5 heteroatoms. The molecule has 5 nitrogen and oxygen atoms in total. The van der Waals surface area contributed by atoms with Crippen LogP contribution in [0.1, 0.15) is 47.0 Å². The van der Waals surface area contributed by atoms with Crippen molar-refractivity contribution in [2.75, 3.05) is 19.6 Å². The number of rotatable bonds is 10. The van der Waals surface area contributed by atoms with E-state index >= 15 is 0 Å². The Morgan fingerprint density at radius 1 is 1.23 bits per heavy atom. The fraction of sp³-hybridized carbons (Fsp3) is 0.765. The molecule has 22 heavy (non-hydrogen) atoms. The van der Waals surface area contributed by atoms with Crippen molar-refractivity contribution in [1.29, 1.82) is 0 Å². The summed E-state index contributed by atoms with van der Waals surface area (Å²) in [5, 5.41) is 11.0. The molecule has 0 aromatic carbocycles. The molecule has 1 rings (SSSR count). The summed E-state index contributed by atoms with van der Waals surface area (Å²) >= 11 is 0. The van der Waals surface area contributed by atoms with E-state index in [0.29, 0.717) is 5.92 Å². The van der Waals surface area contributed by atoms with Gasteiger partial charge in [0.1, 0.15) is 0 Å². The van der Waals surface area contributed by atoms with E-state index in [0.717, 1.165) is 38.1 Å². The van der Waals surface area contributed by atoms with Crippen molar-refractivity contribution < 1.29 is 0 Å². The van der Waals surface area contributed by atoms with Gasteiger partial charge < -0.3 is 10.6 Å². The SMILES string of the molecule is CCNC(=NCC(C)Cn1cccn1)NCCCCC(C)C. The normalized spacial score (nSPS) is 13.4. The average molecular weight is 307 g/mol. The van der Waals surface area contributed by atoms with E-state index in [1.165, 1.54) is 19.3 Å². The standard InChI is InChI=1S/C17H33N5/c1-5-18-17(19-10-7-6-9-15(2)3)20-13-16(4)14-22-12-8-11-21-22/h8,11-12,15-16H,5-7,9-10,13-14H2,1-4H3,(H2,18,19,20). The minimum absolute atomic E-state index is 0.469. The van der Waals surface area contributed by atoms with Crippen LogP contribution in [-0.2, 0) is 6.54 Å². The minimum atomic E-state index is 0.469. The van der Waals surface area contributed by atoms with Gasteiger partial charge in [-0.1, -0.05) is 33.6 Å². The van der Waals surface area contributed by atoms with E-state index in [9.17, 15) is 0 Å². The molecule has 1 aromatic heterocycles. The maximum atomic E-state index is 4.68. The highest BCUT2D eigenvalue weighted by atomic mass is 15.3. The van der Waals surface area contributed by atoms with Crippen molar-refractivity contribution in [3.63, 3.8) is 0 Å². The Morgan fingerprint density at radius 2 is 2.05 bits per heavy atom. The fourth-order valence-corrected chi connectivity index (χ4v) is 2.26. The molecule has 126 valence electrons. The molecule has 0 fully saturated rings. The first-order chi connectivity index (χ1) is 10.6. The lowest BCUT2D eigenvalue weighted by molar-refractivity contribution is 0.458. The molecule has 2 N–H and O–H groups in total. The molecule has 0 spiro atoms. The number of unbranched alkanes of at least 4 members (excludes halogenated alkanes) is 1.